The molecule has 1 aliphatic rings. The number of nitrogens with two attached hydrogens (primary N) is 1. The molecule has 34 heavy (non-hydrogen) atoms. The molecule has 3 aromatic carbocycles. The van der Waals surface area contributed by atoms with Gasteiger partial charge in [0.15, 0.2) is 11.6 Å². The molecule has 0 aromatic heterocycles. The lowest BCUT2D eigenvalue weighted by molar-refractivity contribution is 0.0698. The van der Waals surface area contributed by atoms with Crippen molar-refractivity contribution >= 4 is 47.0 Å². The quantitative estimate of drug-likeness (QED) is 0.218. The summed E-state index contributed by atoms with van der Waals surface area (Å²) in [6.45, 7) is 0. The number of aromatic carboxylic acids is 1. The summed E-state index contributed by atoms with van der Waals surface area (Å²) in [7, 11) is 0. The van der Waals surface area contributed by atoms with E-state index in [2.05, 4.69) is 5.10 Å². The van der Waals surface area contributed by atoms with Gasteiger partial charge >= 0.3 is 5.97 Å². The van der Waals surface area contributed by atoms with Crippen LogP contribution in [0.3, 0.4) is 0 Å². The smallest absolute Gasteiger partial charge is 0.337 e. The molecule has 2 amide bonds. The number of carbonyl (C=O) groups is 3. The summed E-state index contributed by atoms with van der Waals surface area (Å²) in [6, 6.07) is 9.24. The minimum Gasteiger partial charge on any atom is -0.478 e. The second kappa shape index (κ2) is 8.49. The molecule has 0 bridgehead atoms. The fraction of sp³-hybridized carbons (Fsp3) is 0. The monoisotopic (exact) mass is 482 g/mol. The number of carboxylic acid groups (broad SMARTS) is 1. The zero-order valence-electron chi connectivity index (χ0n) is 17.0. The van der Waals surface area contributed by atoms with E-state index < -0.39 is 29.4 Å². The van der Waals surface area contributed by atoms with Gasteiger partial charge in [-0.3, -0.25) is 15.0 Å². The number of hydrogen-bond acceptors (Lipinski definition) is 6. The summed E-state index contributed by atoms with van der Waals surface area (Å²) in [5.74, 6) is -0.222. The largest absolute Gasteiger partial charge is 0.478 e. The van der Waals surface area contributed by atoms with E-state index in [-0.39, 0.29) is 49.8 Å². The van der Waals surface area contributed by atoms with Gasteiger partial charge in [0.25, 0.3) is 11.8 Å². The maximum Gasteiger partial charge on any atom is 0.337 e. The van der Waals surface area contributed by atoms with Gasteiger partial charge in [-0.05, 0) is 47.5 Å². The number of hydrazone groups is 1. The Balaban J connectivity index is 1.86. The summed E-state index contributed by atoms with van der Waals surface area (Å²) in [5.41, 5.74) is -0.497. The number of halogens is 3. The minimum absolute atomic E-state index is 0.0133. The summed E-state index contributed by atoms with van der Waals surface area (Å²) in [5, 5.41) is 20.8. The van der Waals surface area contributed by atoms with Gasteiger partial charge in [-0.15, -0.1) is 0 Å². The Morgan fingerprint density at radius 1 is 0.971 bits per heavy atom. The van der Waals surface area contributed by atoms with Crippen molar-refractivity contribution in [3.8, 4) is 11.1 Å². The molecule has 0 saturated carbocycles. The molecule has 1 aliphatic heterocycles. The van der Waals surface area contributed by atoms with Crippen LogP contribution in [0.25, 0.3) is 11.1 Å². The van der Waals surface area contributed by atoms with E-state index >= 15 is 0 Å². The van der Waals surface area contributed by atoms with Gasteiger partial charge in [-0.2, -0.15) is 5.10 Å². The molecule has 1 heterocycles. The average Bonchev–Trinajstić information content (AvgIpc) is 3.03. The molecule has 8 nitrogen and oxygen atoms in total. The van der Waals surface area contributed by atoms with E-state index in [9.17, 15) is 28.3 Å². The van der Waals surface area contributed by atoms with Crippen molar-refractivity contribution in [1.29, 1.82) is 5.41 Å². The molecule has 0 saturated heterocycles. The molecule has 170 valence electrons. The summed E-state index contributed by atoms with van der Waals surface area (Å²) >= 11 is 6.17. The maximum atomic E-state index is 13.7. The third-order valence-electron chi connectivity index (χ3n) is 5.19. The molecule has 0 atom stereocenters. The van der Waals surface area contributed by atoms with Crippen LogP contribution >= 0.6 is 11.6 Å². The second-order valence-corrected chi connectivity index (χ2v) is 7.59. The number of hydrogen-bond donors (Lipinski definition) is 3. The van der Waals surface area contributed by atoms with Crippen molar-refractivity contribution in [2.75, 3.05) is 4.90 Å². The molecule has 0 radical (unpaired) electrons. The van der Waals surface area contributed by atoms with Gasteiger partial charge in [0, 0.05) is 5.56 Å². The van der Waals surface area contributed by atoms with Crippen LogP contribution in [0, 0.1) is 17.0 Å². The van der Waals surface area contributed by atoms with Crippen molar-refractivity contribution in [2.24, 2.45) is 10.9 Å². The topological polar surface area (TPSA) is 137 Å². The fourth-order valence-corrected chi connectivity index (χ4v) is 3.85. The first-order chi connectivity index (χ1) is 16.1. The SMILES string of the molecule is N=C(/C=N\N)c1cc2c(cc1Cl)C(=O)N(c1cc(-c3ccc(F)c(F)c3)ccc1C(=O)O)C2=O. The van der Waals surface area contributed by atoms with Crippen molar-refractivity contribution in [1.82, 2.24) is 0 Å². The van der Waals surface area contributed by atoms with E-state index in [0.29, 0.717) is 4.90 Å². The number of anilines is 1. The van der Waals surface area contributed by atoms with Crippen LogP contribution in [0.2, 0.25) is 5.02 Å². The number of imide groups is 1. The number of carbonyl (C=O) groups excluding carboxylic acids is 2. The maximum absolute atomic E-state index is 13.7. The Morgan fingerprint density at radius 3 is 2.21 bits per heavy atom. The van der Waals surface area contributed by atoms with Gasteiger partial charge in [0.05, 0.1) is 39.3 Å². The molecule has 0 aliphatic carbocycles. The zero-order valence-corrected chi connectivity index (χ0v) is 17.7. The highest BCUT2D eigenvalue weighted by Crippen LogP contribution is 2.36. The Hall–Kier alpha value is -4.44. The highest BCUT2D eigenvalue weighted by atomic mass is 35.5. The molecule has 4 N–H and O–H groups in total. The number of nitrogens with one attached hydrogen (secondary N) is 1. The van der Waals surface area contributed by atoms with E-state index in [1.807, 2.05) is 0 Å². The number of carboxylic acids is 1. The standard InChI is InChI=1S/C23H13ClF2N4O4/c24-16-8-14-13(7-15(16)19(27)9-29-28)21(31)30(22(14)32)20-6-11(1-3-12(20)23(33)34)10-2-4-17(25)18(26)5-10/h1-9,27H,28H2,(H,33,34)/b27-19?,29-9-. The van der Waals surface area contributed by atoms with Crippen LogP contribution < -0.4 is 10.7 Å². The Bertz CT molecular complexity index is 1460. The second-order valence-electron chi connectivity index (χ2n) is 7.18. The first kappa shape index (κ1) is 22.7. The third-order valence-corrected chi connectivity index (χ3v) is 5.50. The minimum atomic E-state index is -1.41. The predicted octanol–water partition coefficient (Wildman–Crippen LogP) is 4.10. The van der Waals surface area contributed by atoms with Crippen LogP contribution in [0.4, 0.5) is 14.5 Å². The molecule has 0 spiro atoms. The fourth-order valence-electron chi connectivity index (χ4n) is 3.58. The molecular weight excluding hydrogens is 470 g/mol. The number of amides is 2. The summed E-state index contributed by atoms with van der Waals surface area (Å²) in [6.07, 6.45) is 1.00. The van der Waals surface area contributed by atoms with E-state index in [1.165, 1.54) is 30.3 Å². The van der Waals surface area contributed by atoms with Crippen LogP contribution in [0.1, 0.15) is 36.6 Å². The van der Waals surface area contributed by atoms with Crippen LogP contribution in [-0.2, 0) is 0 Å². The first-order valence-corrected chi connectivity index (χ1v) is 9.89. The number of benzene rings is 3. The van der Waals surface area contributed by atoms with E-state index in [4.69, 9.17) is 22.9 Å². The van der Waals surface area contributed by atoms with Gasteiger partial charge < -0.3 is 10.9 Å². The van der Waals surface area contributed by atoms with E-state index in [0.717, 1.165) is 24.4 Å². The molecule has 11 heteroatoms. The van der Waals surface area contributed by atoms with Crippen LogP contribution in [0.5, 0.6) is 0 Å². The lowest BCUT2D eigenvalue weighted by Crippen LogP contribution is -2.31. The lowest BCUT2D eigenvalue weighted by atomic mass is 10.0. The van der Waals surface area contributed by atoms with Gasteiger partial charge in [0.2, 0.25) is 0 Å². The summed E-state index contributed by atoms with van der Waals surface area (Å²) < 4.78 is 27.1. The first-order valence-electron chi connectivity index (χ1n) is 9.51. The van der Waals surface area contributed by atoms with Gasteiger partial charge in [-0.1, -0.05) is 23.7 Å². The number of fused-ring (bicyclic) bond motifs is 1. The van der Waals surface area contributed by atoms with Crippen molar-refractivity contribution < 1.29 is 28.3 Å². The molecular formula is C23H13ClF2N4O4. The van der Waals surface area contributed by atoms with Crippen LogP contribution in [-0.4, -0.2) is 34.8 Å². The Kier molecular flexibility index (Phi) is 5.68. The van der Waals surface area contributed by atoms with E-state index in [1.54, 1.807) is 0 Å². The zero-order chi connectivity index (χ0) is 24.7. The predicted molar refractivity (Wildman–Crippen MR) is 121 cm³/mol. The van der Waals surface area contributed by atoms with Crippen molar-refractivity contribution in [3.05, 3.63) is 87.4 Å². The normalized spacial score (nSPS) is 13.0. The summed E-state index contributed by atoms with van der Waals surface area (Å²) in [4.78, 5) is 38.8. The third kappa shape index (κ3) is 3.69. The molecule has 3 aromatic rings. The van der Waals surface area contributed by atoms with Gasteiger partial charge in [0.1, 0.15) is 0 Å². The van der Waals surface area contributed by atoms with Crippen LogP contribution in [0.15, 0.2) is 53.6 Å². The molecule has 0 fully saturated rings. The van der Waals surface area contributed by atoms with Crippen molar-refractivity contribution in [3.63, 3.8) is 0 Å². The Morgan fingerprint density at radius 2 is 1.59 bits per heavy atom. The van der Waals surface area contributed by atoms with Gasteiger partial charge in [-0.25, -0.2) is 18.5 Å². The lowest BCUT2D eigenvalue weighted by Gasteiger charge is -2.18. The Labute approximate surface area is 195 Å². The highest BCUT2D eigenvalue weighted by molar-refractivity contribution is 6.45. The number of nitrogens with zero attached hydrogens (tertiary/aromatic N) is 2. The average molecular weight is 483 g/mol. The molecule has 0 unspecified atom stereocenters. The van der Waals surface area contributed by atoms with Crippen molar-refractivity contribution in [2.45, 2.75) is 0 Å². The molecule has 4 rings (SSSR count). The highest BCUT2D eigenvalue weighted by Gasteiger charge is 2.39. The number of rotatable bonds is 5.